The molecule has 166 valence electrons. The molecule has 0 fully saturated rings. The van der Waals surface area contributed by atoms with Crippen LogP contribution in [0.15, 0.2) is 88.9 Å². The first kappa shape index (κ1) is 23.2. The highest BCUT2D eigenvalue weighted by Crippen LogP contribution is 2.21. The van der Waals surface area contributed by atoms with Crippen molar-refractivity contribution in [1.82, 2.24) is 10.1 Å². The summed E-state index contributed by atoms with van der Waals surface area (Å²) in [7, 11) is -2.25. The summed E-state index contributed by atoms with van der Waals surface area (Å²) in [5.41, 5.74) is 4.84. The summed E-state index contributed by atoms with van der Waals surface area (Å²) in [5, 5.41) is 3.97. The van der Waals surface area contributed by atoms with E-state index >= 15 is 0 Å². The van der Waals surface area contributed by atoms with E-state index in [1.165, 1.54) is 18.3 Å². The summed E-state index contributed by atoms with van der Waals surface area (Å²) in [6.07, 6.45) is 1.37. The Labute approximate surface area is 188 Å². The van der Waals surface area contributed by atoms with E-state index in [-0.39, 0.29) is 11.3 Å². The molecule has 0 saturated heterocycles. The van der Waals surface area contributed by atoms with E-state index in [1.54, 1.807) is 55.6 Å². The SMILES string of the molecule is COc1cccc(/C=N\NC(=O)C[C@@H](NS(=O)(=O)c2ccc(C)cc2)c2ccccc2)c1. The molecule has 0 saturated carbocycles. The number of nitrogens with zero attached hydrogens (tertiary/aromatic N) is 1. The summed E-state index contributed by atoms with van der Waals surface area (Å²) < 4.78 is 33.6. The van der Waals surface area contributed by atoms with Gasteiger partial charge in [-0.25, -0.2) is 18.6 Å². The average molecular weight is 452 g/mol. The van der Waals surface area contributed by atoms with E-state index in [0.29, 0.717) is 11.3 Å². The minimum atomic E-state index is -3.82. The fourth-order valence-electron chi connectivity index (χ4n) is 3.02. The number of carbonyl (C=O) groups is 1. The number of sulfonamides is 1. The Hall–Kier alpha value is -3.49. The summed E-state index contributed by atoms with van der Waals surface area (Å²) in [5.74, 6) is 0.250. The Morgan fingerprint density at radius 3 is 2.44 bits per heavy atom. The first-order valence-corrected chi connectivity index (χ1v) is 11.5. The van der Waals surface area contributed by atoms with Crippen molar-refractivity contribution in [1.29, 1.82) is 0 Å². The van der Waals surface area contributed by atoms with Gasteiger partial charge < -0.3 is 4.74 Å². The number of hydrogen-bond donors (Lipinski definition) is 2. The molecule has 3 rings (SSSR count). The summed E-state index contributed by atoms with van der Waals surface area (Å²) in [4.78, 5) is 12.7. The van der Waals surface area contributed by atoms with Crippen LogP contribution in [0.25, 0.3) is 0 Å². The van der Waals surface area contributed by atoms with Crippen molar-refractivity contribution in [3.05, 3.63) is 95.6 Å². The minimum Gasteiger partial charge on any atom is -0.497 e. The topological polar surface area (TPSA) is 96.9 Å². The molecule has 3 aromatic carbocycles. The van der Waals surface area contributed by atoms with Gasteiger partial charge in [0.1, 0.15) is 5.75 Å². The normalized spacial score (nSPS) is 12.4. The van der Waals surface area contributed by atoms with E-state index in [9.17, 15) is 13.2 Å². The zero-order chi connectivity index (χ0) is 23.0. The van der Waals surface area contributed by atoms with Crippen molar-refractivity contribution in [2.45, 2.75) is 24.3 Å². The summed E-state index contributed by atoms with van der Waals surface area (Å²) in [6, 6.07) is 22.0. The number of benzene rings is 3. The number of rotatable bonds is 9. The highest BCUT2D eigenvalue weighted by molar-refractivity contribution is 7.89. The monoisotopic (exact) mass is 451 g/mol. The molecule has 0 spiro atoms. The lowest BCUT2D eigenvalue weighted by molar-refractivity contribution is -0.121. The van der Waals surface area contributed by atoms with Gasteiger partial charge in [0.2, 0.25) is 15.9 Å². The van der Waals surface area contributed by atoms with Crippen molar-refractivity contribution in [2.75, 3.05) is 7.11 Å². The van der Waals surface area contributed by atoms with Crippen molar-refractivity contribution in [3.8, 4) is 5.75 Å². The van der Waals surface area contributed by atoms with Crippen LogP contribution in [-0.2, 0) is 14.8 Å². The molecule has 32 heavy (non-hydrogen) atoms. The Kier molecular flexibility index (Phi) is 7.75. The molecular weight excluding hydrogens is 426 g/mol. The smallest absolute Gasteiger partial charge is 0.242 e. The van der Waals surface area contributed by atoms with Crippen molar-refractivity contribution >= 4 is 22.1 Å². The molecule has 1 amide bonds. The lowest BCUT2D eigenvalue weighted by Gasteiger charge is -2.18. The fourth-order valence-corrected chi connectivity index (χ4v) is 4.24. The van der Waals surface area contributed by atoms with Gasteiger partial charge in [-0.3, -0.25) is 4.79 Å². The molecule has 2 N–H and O–H groups in total. The van der Waals surface area contributed by atoms with Crippen LogP contribution < -0.4 is 14.9 Å². The number of methoxy groups -OCH3 is 1. The van der Waals surface area contributed by atoms with Gasteiger partial charge in [-0.05, 0) is 42.3 Å². The Bertz CT molecular complexity index is 1180. The van der Waals surface area contributed by atoms with Crippen LogP contribution in [0.2, 0.25) is 0 Å². The Morgan fingerprint density at radius 2 is 1.75 bits per heavy atom. The van der Waals surface area contributed by atoms with E-state index in [2.05, 4.69) is 15.2 Å². The van der Waals surface area contributed by atoms with Crippen molar-refractivity contribution in [2.24, 2.45) is 5.10 Å². The standard InChI is InChI=1S/C24H25N3O4S/c1-18-11-13-22(14-12-18)32(29,30)27-23(20-8-4-3-5-9-20)16-24(28)26-25-17-19-7-6-10-21(15-19)31-2/h3-15,17,23,27H,16H2,1-2H3,(H,26,28)/b25-17-/t23-/m1/s1. The molecule has 0 aliphatic carbocycles. The second-order valence-electron chi connectivity index (χ2n) is 7.17. The number of ether oxygens (including phenoxy) is 1. The maximum atomic E-state index is 12.9. The highest BCUT2D eigenvalue weighted by Gasteiger charge is 2.23. The number of aryl methyl sites for hydroxylation is 1. The number of hydrogen-bond acceptors (Lipinski definition) is 5. The molecule has 0 aliphatic heterocycles. The van der Waals surface area contributed by atoms with Gasteiger partial charge in [-0.15, -0.1) is 0 Å². The molecule has 8 heteroatoms. The first-order chi connectivity index (χ1) is 15.4. The fraction of sp³-hybridized carbons (Fsp3) is 0.167. The van der Waals surface area contributed by atoms with Gasteiger partial charge in [0.05, 0.1) is 24.3 Å². The second-order valence-corrected chi connectivity index (χ2v) is 8.89. The maximum Gasteiger partial charge on any atom is 0.242 e. The molecule has 0 aromatic heterocycles. The van der Waals surface area contributed by atoms with E-state index in [4.69, 9.17) is 4.74 Å². The van der Waals surface area contributed by atoms with E-state index in [1.807, 2.05) is 25.1 Å². The van der Waals surface area contributed by atoms with Crippen LogP contribution in [0.4, 0.5) is 0 Å². The van der Waals surface area contributed by atoms with Crippen LogP contribution in [0.5, 0.6) is 5.75 Å². The van der Waals surface area contributed by atoms with Gasteiger partial charge >= 0.3 is 0 Å². The van der Waals surface area contributed by atoms with Crippen LogP contribution in [0, 0.1) is 6.92 Å². The highest BCUT2D eigenvalue weighted by atomic mass is 32.2. The van der Waals surface area contributed by atoms with Crippen LogP contribution >= 0.6 is 0 Å². The van der Waals surface area contributed by atoms with Gasteiger partial charge in [-0.1, -0.05) is 60.2 Å². The zero-order valence-electron chi connectivity index (χ0n) is 17.9. The number of amides is 1. The molecule has 0 radical (unpaired) electrons. The number of carbonyl (C=O) groups excluding carboxylic acids is 1. The number of nitrogens with one attached hydrogen (secondary N) is 2. The third kappa shape index (κ3) is 6.50. The van der Waals surface area contributed by atoms with Crippen LogP contribution in [0.1, 0.15) is 29.2 Å². The Balaban J connectivity index is 1.72. The van der Waals surface area contributed by atoms with Crippen LogP contribution in [0.3, 0.4) is 0 Å². The summed E-state index contributed by atoms with van der Waals surface area (Å²) in [6.45, 7) is 1.88. The molecule has 1 atom stereocenters. The minimum absolute atomic E-state index is 0.120. The van der Waals surface area contributed by atoms with Crippen molar-refractivity contribution < 1.29 is 17.9 Å². The van der Waals surface area contributed by atoms with E-state index in [0.717, 1.165) is 11.1 Å². The van der Waals surface area contributed by atoms with Crippen LogP contribution in [-0.4, -0.2) is 27.6 Å². The van der Waals surface area contributed by atoms with E-state index < -0.39 is 22.0 Å². The third-order valence-electron chi connectivity index (χ3n) is 4.72. The Morgan fingerprint density at radius 1 is 1.03 bits per heavy atom. The predicted molar refractivity (Wildman–Crippen MR) is 124 cm³/mol. The summed E-state index contributed by atoms with van der Waals surface area (Å²) >= 11 is 0. The average Bonchev–Trinajstić information content (AvgIpc) is 2.79. The molecule has 0 heterocycles. The lowest BCUT2D eigenvalue weighted by Crippen LogP contribution is -2.32. The molecule has 0 unspecified atom stereocenters. The third-order valence-corrected chi connectivity index (χ3v) is 6.20. The van der Waals surface area contributed by atoms with Gasteiger partial charge in [0.25, 0.3) is 0 Å². The van der Waals surface area contributed by atoms with Crippen molar-refractivity contribution in [3.63, 3.8) is 0 Å². The molecule has 7 nitrogen and oxygen atoms in total. The van der Waals surface area contributed by atoms with Gasteiger partial charge in [-0.2, -0.15) is 5.10 Å². The predicted octanol–water partition coefficient (Wildman–Crippen LogP) is 3.56. The quantitative estimate of drug-likeness (QED) is 0.384. The lowest BCUT2D eigenvalue weighted by atomic mass is 10.0. The largest absolute Gasteiger partial charge is 0.497 e. The second kappa shape index (κ2) is 10.7. The van der Waals surface area contributed by atoms with Gasteiger partial charge in [0.15, 0.2) is 0 Å². The number of hydrazone groups is 1. The maximum absolute atomic E-state index is 12.9. The molecule has 0 aliphatic rings. The molecule has 0 bridgehead atoms. The molecular formula is C24H25N3O4S. The zero-order valence-corrected chi connectivity index (χ0v) is 18.7. The molecule has 3 aromatic rings. The first-order valence-electron chi connectivity index (χ1n) is 9.97. The van der Waals surface area contributed by atoms with Gasteiger partial charge in [0, 0.05) is 6.42 Å².